The molecule has 0 aliphatic rings. The highest BCUT2D eigenvalue weighted by Crippen LogP contribution is 2.35. The second-order valence-electron chi connectivity index (χ2n) is 2.86. The summed E-state index contributed by atoms with van der Waals surface area (Å²) in [6.07, 6.45) is 1.59. The molecule has 1 rings (SSSR count). The first-order chi connectivity index (χ1) is 7.36. The van der Waals surface area contributed by atoms with Crippen LogP contribution in [0.25, 0.3) is 0 Å². The van der Waals surface area contributed by atoms with Gasteiger partial charge in [0.2, 0.25) is 10.0 Å². The highest BCUT2D eigenvalue weighted by Gasteiger charge is 2.14. The molecular weight excluding hydrogens is 362 g/mol. The Bertz CT molecular complexity index is 490. The van der Waals surface area contributed by atoms with Crippen molar-refractivity contribution < 1.29 is 13.2 Å². The van der Waals surface area contributed by atoms with Crippen LogP contribution in [0.3, 0.4) is 0 Å². The summed E-state index contributed by atoms with van der Waals surface area (Å²) in [4.78, 5) is 0.0113. The molecular formula is C9H9Br2NO3S. The summed E-state index contributed by atoms with van der Waals surface area (Å²) in [5, 5.41) is 5.02. The van der Waals surface area contributed by atoms with Gasteiger partial charge in [-0.3, -0.25) is 0 Å². The fourth-order valence-corrected chi connectivity index (χ4v) is 3.26. The van der Waals surface area contributed by atoms with Crippen LogP contribution in [-0.2, 0) is 10.0 Å². The van der Waals surface area contributed by atoms with Crippen molar-refractivity contribution in [1.29, 1.82) is 0 Å². The van der Waals surface area contributed by atoms with E-state index >= 15 is 0 Å². The molecule has 0 spiro atoms. The molecule has 0 heterocycles. The molecule has 1 aromatic carbocycles. The average molecular weight is 371 g/mol. The SMILES string of the molecule is C=CCOc1c(Br)cc(S(N)(=O)=O)cc1Br. The number of hydrogen-bond donors (Lipinski definition) is 1. The van der Waals surface area contributed by atoms with E-state index < -0.39 is 10.0 Å². The van der Waals surface area contributed by atoms with Crippen molar-refractivity contribution in [2.45, 2.75) is 4.90 Å². The second-order valence-corrected chi connectivity index (χ2v) is 6.13. The molecule has 0 bridgehead atoms. The summed E-state index contributed by atoms with van der Waals surface area (Å²) in [6, 6.07) is 2.77. The van der Waals surface area contributed by atoms with E-state index in [0.29, 0.717) is 21.3 Å². The minimum absolute atomic E-state index is 0.0113. The molecule has 7 heteroatoms. The third-order valence-corrected chi connectivity index (χ3v) is 3.72. The van der Waals surface area contributed by atoms with Gasteiger partial charge in [-0.1, -0.05) is 12.7 Å². The number of benzene rings is 1. The minimum Gasteiger partial charge on any atom is -0.487 e. The van der Waals surface area contributed by atoms with E-state index in [1.165, 1.54) is 12.1 Å². The number of hydrogen-bond acceptors (Lipinski definition) is 3. The standard InChI is InChI=1S/C9H9Br2NO3S/c1-2-3-15-9-7(10)4-6(5-8(9)11)16(12,13)14/h2,4-5H,1,3H2,(H2,12,13,14). The van der Waals surface area contributed by atoms with Gasteiger partial charge in [0.1, 0.15) is 12.4 Å². The smallest absolute Gasteiger partial charge is 0.238 e. The van der Waals surface area contributed by atoms with Crippen LogP contribution in [0.5, 0.6) is 5.75 Å². The second kappa shape index (κ2) is 5.31. The van der Waals surface area contributed by atoms with Gasteiger partial charge in [0.05, 0.1) is 13.8 Å². The Hall–Kier alpha value is -0.370. The minimum atomic E-state index is -3.72. The van der Waals surface area contributed by atoms with Crippen molar-refractivity contribution in [3.63, 3.8) is 0 Å². The first kappa shape index (κ1) is 13.7. The summed E-state index contributed by atoms with van der Waals surface area (Å²) in [5.41, 5.74) is 0. The molecule has 16 heavy (non-hydrogen) atoms. The number of ether oxygens (including phenoxy) is 1. The molecule has 0 amide bonds. The molecule has 0 fully saturated rings. The van der Waals surface area contributed by atoms with Crippen LogP contribution in [0, 0.1) is 0 Å². The largest absolute Gasteiger partial charge is 0.487 e. The predicted molar refractivity (Wildman–Crippen MR) is 68.9 cm³/mol. The predicted octanol–water partition coefficient (Wildman–Crippen LogP) is 2.42. The van der Waals surface area contributed by atoms with Gasteiger partial charge < -0.3 is 4.74 Å². The molecule has 1 aromatic rings. The zero-order chi connectivity index (χ0) is 12.3. The lowest BCUT2D eigenvalue weighted by molar-refractivity contribution is 0.358. The van der Waals surface area contributed by atoms with E-state index in [4.69, 9.17) is 9.88 Å². The van der Waals surface area contributed by atoms with Crippen LogP contribution in [-0.4, -0.2) is 15.0 Å². The normalized spacial score (nSPS) is 11.2. The van der Waals surface area contributed by atoms with E-state index in [1.54, 1.807) is 6.08 Å². The van der Waals surface area contributed by atoms with Crippen LogP contribution in [0.4, 0.5) is 0 Å². The van der Waals surface area contributed by atoms with E-state index in [-0.39, 0.29) is 4.90 Å². The maximum atomic E-state index is 11.1. The van der Waals surface area contributed by atoms with Gasteiger partial charge >= 0.3 is 0 Å². The Balaban J connectivity index is 3.22. The molecule has 4 nitrogen and oxygen atoms in total. The zero-order valence-corrected chi connectivity index (χ0v) is 12.1. The van der Waals surface area contributed by atoms with Gasteiger partial charge in [0.15, 0.2) is 0 Å². The van der Waals surface area contributed by atoms with E-state index in [2.05, 4.69) is 38.4 Å². The Morgan fingerprint density at radius 1 is 1.38 bits per heavy atom. The molecule has 0 saturated heterocycles. The molecule has 0 aromatic heterocycles. The Labute approximate surface area is 111 Å². The van der Waals surface area contributed by atoms with Gasteiger partial charge in [0, 0.05) is 0 Å². The van der Waals surface area contributed by atoms with Gasteiger partial charge in [-0.2, -0.15) is 0 Å². The molecule has 0 saturated carbocycles. The Kier molecular flexibility index (Phi) is 4.54. The Morgan fingerprint density at radius 2 is 1.88 bits per heavy atom. The van der Waals surface area contributed by atoms with Crippen molar-refractivity contribution in [3.8, 4) is 5.75 Å². The van der Waals surface area contributed by atoms with Crippen LogP contribution in [0.1, 0.15) is 0 Å². The van der Waals surface area contributed by atoms with Crippen molar-refractivity contribution in [2.24, 2.45) is 5.14 Å². The summed E-state index contributed by atoms with van der Waals surface area (Å²) >= 11 is 6.42. The summed E-state index contributed by atoms with van der Waals surface area (Å²) in [7, 11) is -3.72. The van der Waals surface area contributed by atoms with Crippen LogP contribution in [0.2, 0.25) is 0 Å². The van der Waals surface area contributed by atoms with Gasteiger partial charge in [0.25, 0.3) is 0 Å². The molecule has 0 aliphatic heterocycles. The van der Waals surface area contributed by atoms with Gasteiger partial charge in [-0.25, -0.2) is 13.6 Å². The van der Waals surface area contributed by atoms with Crippen LogP contribution in [0.15, 0.2) is 38.6 Å². The summed E-state index contributed by atoms with van der Waals surface area (Å²) < 4.78 is 28.6. The van der Waals surface area contributed by atoms with Crippen molar-refractivity contribution in [2.75, 3.05) is 6.61 Å². The molecule has 88 valence electrons. The molecule has 2 N–H and O–H groups in total. The van der Waals surface area contributed by atoms with Crippen molar-refractivity contribution in [3.05, 3.63) is 33.7 Å². The quantitative estimate of drug-likeness (QED) is 0.827. The van der Waals surface area contributed by atoms with E-state index in [0.717, 1.165) is 0 Å². The van der Waals surface area contributed by atoms with E-state index in [9.17, 15) is 8.42 Å². The van der Waals surface area contributed by atoms with Gasteiger partial charge in [-0.15, -0.1) is 0 Å². The number of sulfonamides is 1. The summed E-state index contributed by atoms with van der Waals surface area (Å²) in [5.74, 6) is 0.507. The molecule has 0 unspecified atom stereocenters. The van der Waals surface area contributed by atoms with Crippen LogP contribution >= 0.6 is 31.9 Å². The highest BCUT2D eigenvalue weighted by molar-refractivity contribution is 9.11. The van der Waals surface area contributed by atoms with Crippen molar-refractivity contribution in [1.82, 2.24) is 0 Å². The lowest BCUT2D eigenvalue weighted by Crippen LogP contribution is -2.12. The third kappa shape index (κ3) is 3.31. The monoisotopic (exact) mass is 369 g/mol. The molecule has 0 radical (unpaired) electrons. The molecule has 0 atom stereocenters. The fourth-order valence-electron chi connectivity index (χ4n) is 0.981. The lowest BCUT2D eigenvalue weighted by atomic mass is 10.3. The van der Waals surface area contributed by atoms with Gasteiger partial charge in [-0.05, 0) is 44.0 Å². The maximum Gasteiger partial charge on any atom is 0.238 e. The topological polar surface area (TPSA) is 69.4 Å². The number of halogens is 2. The maximum absolute atomic E-state index is 11.1. The number of primary sulfonamides is 1. The average Bonchev–Trinajstić information content (AvgIpc) is 2.15. The first-order valence-electron chi connectivity index (χ1n) is 4.12. The first-order valence-corrected chi connectivity index (χ1v) is 7.25. The highest BCUT2D eigenvalue weighted by atomic mass is 79.9. The number of nitrogens with two attached hydrogens (primary N) is 1. The molecule has 0 aliphatic carbocycles. The fraction of sp³-hybridized carbons (Fsp3) is 0.111. The van der Waals surface area contributed by atoms with Crippen LogP contribution < -0.4 is 9.88 Å². The Morgan fingerprint density at radius 3 is 2.25 bits per heavy atom. The summed E-state index contributed by atoms with van der Waals surface area (Å²) in [6.45, 7) is 3.85. The lowest BCUT2D eigenvalue weighted by Gasteiger charge is -2.09. The van der Waals surface area contributed by atoms with E-state index in [1.807, 2.05) is 0 Å². The third-order valence-electron chi connectivity index (χ3n) is 1.65. The zero-order valence-electron chi connectivity index (χ0n) is 8.11. The van der Waals surface area contributed by atoms with Crippen molar-refractivity contribution >= 4 is 41.9 Å². The number of rotatable bonds is 4.